The van der Waals surface area contributed by atoms with Crippen molar-refractivity contribution in [1.82, 2.24) is 5.32 Å². The van der Waals surface area contributed by atoms with Crippen molar-refractivity contribution >= 4 is 11.6 Å². The van der Waals surface area contributed by atoms with E-state index in [1.807, 2.05) is 31.0 Å². The summed E-state index contributed by atoms with van der Waals surface area (Å²) < 4.78 is 0. The van der Waals surface area contributed by atoms with Gasteiger partial charge < -0.3 is 16.0 Å². The van der Waals surface area contributed by atoms with E-state index in [0.717, 1.165) is 11.3 Å². The molecule has 1 atom stereocenters. The van der Waals surface area contributed by atoms with Gasteiger partial charge in [-0.3, -0.25) is 4.79 Å². The van der Waals surface area contributed by atoms with Crippen LogP contribution >= 0.6 is 0 Å². The standard InChI is InChI=1S/C14H20N4O/c1-10(14(19)17-2)9-18(3)13-5-4-11(7-15)6-12(13)8-16/h4-6,10H,7,9,15H2,1-3H3,(H,17,19). The molecule has 5 heteroatoms. The lowest BCUT2D eigenvalue weighted by molar-refractivity contribution is -0.123. The van der Waals surface area contributed by atoms with Gasteiger partial charge in [-0.05, 0) is 17.7 Å². The first-order valence-electron chi connectivity index (χ1n) is 6.19. The van der Waals surface area contributed by atoms with Crippen LogP contribution in [-0.4, -0.2) is 26.5 Å². The lowest BCUT2D eigenvalue weighted by Gasteiger charge is -2.23. The number of carbonyl (C=O) groups excluding carboxylic acids is 1. The third-order valence-corrected chi connectivity index (χ3v) is 3.07. The first-order chi connectivity index (χ1) is 9.03. The molecule has 0 heterocycles. The van der Waals surface area contributed by atoms with Gasteiger partial charge in [0.1, 0.15) is 6.07 Å². The highest BCUT2D eigenvalue weighted by molar-refractivity contribution is 5.78. The van der Waals surface area contributed by atoms with E-state index in [1.165, 1.54) is 0 Å². The number of hydrogen-bond acceptors (Lipinski definition) is 4. The van der Waals surface area contributed by atoms with E-state index in [9.17, 15) is 10.1 Å². The minimum Gasteiger partial charge on any atom is -0.373 e. The molecule has 0 spiro atoms. The van der Waals surface area contributed by atoms with Gasteiger partial charge in [-0.15, -0.1) is 0 Å². The summed E-state index contributed by atoms with van der Waals surface area (Å²) in [6, 6.07) is 7.73. The Hall–Kier alpha value is -2.06. The van der Waals surface area contributed by atoms with E-state index in [1.54, 1.807) is 13.1 Å². The monoisotopic (exact) mass is 260 g/mol. The van der Waals surface area contributed by atoms with Gasteiger partial charge in [-0.25, -0.2) is 0 Å². The molecular weight excluding hydrogens is 240 g/mol. The van der Waals surface area contributed by atoms with Gasteiger partial charge in [0.15, 0.2) is 0 Å². The second-order valence-corrected chi connectivity index (χ2v) is 4.56. The van der Waals surface area contributed by atoms with Gasteiger partial charge in [-0.2, -0.15) is 5.26 Å². The van der Waals surface area contributed by atoms with Crippen molar-refractivity contribution in [2.24, 2.45) is 11.7 Å². The fourth-order valence-electron chi connectivity index (χ4n) is 1.97. The number of carbonyl (C=O) groups is 1. The predicted octanol–water partition coefficient (Wildman–Crippen LogP) is 0.835. The van der Waals surface area contributed by atoms with E-state index in [4.69, 9.17) is 5.73 Å². The molecule has 0 saturated heterocycles. The number of hydrogen-bond donors (Lipinski definition) is 2. The molecule has 5 nitrogen and oxygen atoms in total. The number of nitriles is 1. The highest BCUT2D eigenvalue weighted by Crippen LogP contribution is 2.21. The van der Waals surface area contributed by atoms with Gasteiger partial charge in [-0.1, -0.05) is 13.0 Å². The molecule has 0 radical (unpaired) electrons. The molecule has 3 N–H and O–H groups in total. The highest BCUT2D eigenvalue weighted by atomic mass is 16.1. The quantitative estimate of drug-likeness (QED) is 0.821. The molecule has 0 bridgehead atoms. The van der Waals surface area contributed by atoms with Crippen LogP contribution in [0.4, 0.5) is 5.69 Å². The Morgan fingerprint density at radius 2 is 2.26 bits per heavy atom. The Balaban J connectivity index is 2.91. The molecule has 0 saturated carbocycles. The van der Waals surface area contributed by atoms with Crippen molar-refractivity contribution in [2.45, 2.75) is 13.5 Å². The summed E-state index contributed by atoms with van der Waals surface area (Å²) in [6.45, 7) is 2.82. The zero-order chi connectivity index (χ0) is 14.4. The molecule has 0 aliphatic carbocycles. The second-order valence-electron chi connectivity index (χ2n) is 4.56. The van der Waals surface area contributed by atoms with E-state index in [-0.39, 0.29) is 11.8 Å². The number of rotatable bonds is 5. The Bertz CT molecular complexity index is 493. The second kappa shape index (κ2) is 6.76. The van der Waals surface area contributed by atoms with Gasteiger partial charge in [0.05, 0.1) is 17.2 Å². The molecule has 1 aromatic rings. The van der Waals surface area contributed by atoms with E-state index in [0.29, 0.717) is 18.7 Å². The number of anilines is 1. The summed E-state index contributed by atoms with van der Waals surface area (Å²) in [7, 11) is 3.49. The predicted molar refractivity (Wildman–Crippen MR) is 75.5 cm³/mol. The Morgan fingerprint density at radius 3 is 2.79 bits per heavy atom. The van der Waals surface area contributed by atoms with Crippen LogP contribution in [0, 0.1) is 17.2 Å². The summed E-state index contributed by atoms with van der Waals surface area (Å²) in [4.78, 5) is 13.4. The smallest absolute Gasteiger partial charge is 0.224 e. The molecule has 1 unspecified atom stereocenters. The minimum absolute atomic E-state index is 0.0102. The van der Waals surface area contributed by atoms with Gasteiger partial charge in [0, 0.05) is 27.2 Å². The fourth-order valence-corrected chi connectivity index (χ4v) is 1.97. The molecule has 19 heavy (non-hydrogen) atoms. The molecule has 0 fully saturated rings. The molecule has 1 aromatic carbocycles. The number of nitrogens with two attached hydrogens (primary N) is 1. The van der Waals surface area contributed by atoms with Crippen LogP contribution in [-0.2, 0) is 11.3 Å². The summed E-state index contributed by atoms with van der Waals surface area (Å²) in [5.41, 5.74) is 7.88. The van der Waals surface area contributed by atoms with Crippen LogP contribution in [0.5, 0.6) is 0 Å². The molecule has 0 aromatic heterocycles. The van der Waals surface area contributed by atoms with Crippen molar-refractivity contribution in [2.75, 3.05) is 25.5 Å². The summed E-state index contributed by atoms with van der Waals surface area (Å²) >= 11 is 0. The minimum atomic E-state index is -0.143. The summed E-state index contributed by atoms with van der Waals surface area (Å²) in [5.74, 6) is -0.153. The van der Waals surface area contributed by atoms with E-state index in [2.05, 4.69) is 11.4 Å². The molecule has 1 rings (SSSR count). The van der Waals surface area contributed by atoms with Crippen molar-refractivity contribution in [3.8, 4) is 6.07 Å². The van der Waals surface area contributed by atoms with Crippen molar-refractivity contribution in [3.63, 3.8) is 0 Å². The summed E-state index contributed by atoms with van der Waals surface area (Å²) in [6.07, 6.45) is 0. The maximum atomic E-state index is 11.5. The van der Waals surface area contributed by atoms with Crippen LogP contribution in [0.15, 0.2) is 18.2 Å². The van der Waals surface area contributed by atoms with E-state index < -0.39 is 0 Å². The van der Waals surface area contributed by atoms with Crippen molar-refractivity contribution in [3.05, 3.63) is 29.3 Å². The third kappa shape index (κ3) is 3.70. The molecule has 0 aliphatic heterocycles. The van der Waals surface area contributed by atoms with Crippen LogP contribution < -0.4 is 16.0 Å². The lowest BCUT2D eigenvalue weighted by atomic mass is 10.1. The SMILES string of the molecule is CNC(=O)C(C)CN(C)c1ccc(CN)cc1C#N. The first kappa shape index (κ1) is 15.0. The molecular formula is C14H20N4O. The normalized spacial score (nSPS) is 11.5. The summed E-state index contributed by atoms with van der Waals surface area (Å²) in [5, 5.41) is 11.8. The van der Waals surface area contributed by atoms with Crippen LogP contribution in [0.25, 0.3) is 0 Å². The number of benzene rings is 1. The maximum absolute atomic E-state index is 11.5. The van der Waals surface area contributed by atoms with Crippen LogP contribution in [0.2, 0.25) is 0 Å². The van der Waals surface area contributed by atoms with E-state index >= 15 is 0 Å². The van der Waals surface area contributed by atoms with Crippen LogP contribution in [0.1, 0.15) is 18.1 Å². The molecule has 0 aliphatic rings. The van der Waals surface area contributed by atoms with Crippen molar-refractivity contribution < 1.29 is 4.79 Å². The van der Waals surface area contributed by atoms with Crippen LogP contribution in [0.3, 0.4) is 0 Å². The maximum Gasteiger partial charge on any atom is 0.224 e. The van der Waals surface area contributed by atoms with Gasteiger partial charge in [0.25, 0.3) is 0 Å². The van der Waals surface area contributed by atoms with Gasteiger partial charge in [0.2, 0.25) is 5.91 Å². The third-order valence-electron chi connectivity index (χ3n) is 3.07. The number of nitrogens with one attached hydrogen (secondary N) is 1. The average molecular weight is 260 g/mol. The Morgan fingerprint density at radius 1 is 1.58 bits per heavy atom. The Kier molecular flexibility index (Phi) is 5.34. The molecule has 102 valence electrons. The molecule has 1 amide bonds. The fraction of sp³-hybridized carbons (Fsp3) is 0.429. The Labute approximate surface area is 114 Å². The topological polar surface area (TPSA) is 82.2 Å². The largest absolute Gasteiger partial charge is 0.373 e. The van der Waals surface area contributed by atoms with Crippen molar-refractivity contribution in [1.29, 1.82) is 5.26 Å². The lowest BCUT2D eigenvalue weighted by Crippen LogP contribution is -2.34. The number of amides is 1. The van der Waals surface area contributed by atoms with Gasteiger partial charge >= 0.3 is 0 Å². The number of nitrogens with zero attached hydrogens (tertiary/aromatic N) is 2. The zero-order valence-corrected chi connectivity index (χ0v) is 11.6. The zero-order valence-electron chi connectivity index (χ0n) is 11.6. The highest BCUT2D eigenvalue weighted by Gasteiger charge is 2.16. The average Bonchev–Trinajstić information content (AvgIpc) is 2.45. The first-order valence-corrected chi connectivity index (χ1v) is 6.19.